The van der Waals surface area contributed by atoms with Gasteiger partial charge in [0.05, 0.1) is 0 Å². The quantitative estimate of drug-likeness (QED) is 0.475. The van der Waals surface area contributed by atoms with Crippen molar-refractivity contribution in [2.24, 2.45) is 11.7 Å². The fourth-order valence-corrected chi connectivity index (χ4v) is 4.25. The fourth-order valence-electron chi connectivity index (χ4n) is 2.95. The highest BCUT2D eigenvalue weighted by atomic mass is 32.1. The van der Waals surface area contributed by atoms with Crippen LogP contribution in [0, 0.1) is 12.8 Å². The van der Waals surface area contributed by atoms with Crippen molar-refractivity contribution in [2.45, 2.75) is 68.2 Å². The van der Waals surface area contributed by atoms with Crippen molar-refractivity contribution >= 4 is 16.9 Å². The summed E-state index contributed by atoms with van der Waals surface area (Å²) in [7, 11) is 0. The summed E-state index contributed by atoms with van der Waals surface area (Å²) in [5.41, 5.74) is 15.3. The van der Waals surface area contributed by atoms with Crippen LogP contribution in [0.1, 0.15) is 76.6 Å². The SMILES string of the molecule is C=C(C)C(/C(C)=C(N)/C=C(\C)C(C)C)=C(/C(=C)C)c1sc(C(C)C)cc1C. The van der Waals surface area contributed by atoms with Gasteiger partial charge in [-0.1, -0.05) is 52.0 Å². The Morgan fingerprint density at radius 3 is 1.96 bits per heavy atom. The summed E-state index contributed by atoms with van der Waals surface area (Å²) >= 11 is 1.86. The summed E-state index contributed by atoms with van der Waals surface area (Å²) in [4.78, 5) is 2.67. The number of nitrogens with two attached hydrogens (primary N) is 1. The van der Waals surface area contributed by atoms with Gasteiger partial charge in [0.15, 0.2) is 0 Å². The molecule has 0 saturated heterocycles. The van der Waals surface area contributed by atoms with E-state index in [0.29, 0.717) is 11.8 Å². The molecular weight excluding hydrogens is 346 g/mol. The molecule has 0 bridgehead atoms. The zero-order chi connectivity index (χ0) is 21.0. The molecule has 27 heavy (non-hydrogen) atoms. The largest absolute Gasteiger partial charge is 0.398 e. The summed E-state index contributed by atoms with van der Waals surface area (Å²) in [6.45, 7) is 27.9. The molecule has 1 heterocycles. The Morgan fingerprint density at radius 2 is 1.59 bits per heavy atom. The van der Waals surface area contributed by atoms with Gasteiger partial charge in [0.25, 0.3) is 0 Å². The van der Waals surface area contributed by atoms with Gasteiger partial charge in [-0.3, -0.25) is 0 Å². The molecule has 0 aliphatic heterocycles. The fraction of sp³-hybridized carbons (Fsp3) is 0.440. The van der Waals surface area contributed by atoms with E-state index in [1.165, 1.54) is 26.5 Å². The lowest BCUT2D eigenvalue weighted by Gasteiger charge is -2.18. The highest BCUT2D eigenvalue weighted by Crippen LogP contribution is 2.40. The summed E-state index contributed by atoms with van der Waals surface area (Å²) in [5.74, 6) is 0.989. The van der Waals surface area contributed by atoms with Crippen molar-refractivity contribution in [2.75, 3.05) is 0 Å². The standard InChI is InChI=1S/C25H37NS/c1-14(2)18(9)12-21(26)20(11)23(16(5)6)24(17(7)8)25-19(10)13-22(27-25)15(3)4/h12-15H,5,7,26H2,1-4,6,8-11H3/b18-12+,21-20-,24-23+. The van der Waals surface area contributed by atoms with E-state index in [-0.39, 0.29) is 0 Å². The van der Waals surface area contributed by atoms with Gasteiger partial charge in [0.2, 0.25) is 0 Å². The molecule has 0 fully saturated rings. The lowest BCUT2D eigenvalue weighted by Crippen LogP contribution is -2.05. The molecule has 1 rings (SSSR count). The molecule has 1 aromatic rings. The van der Waals surface area contributed by atoms with Crippen LogP contribution in [-0.2, 0) is 0 Å². The molecule has 0 unspecified atom stereocenters. The number of hydrogen-bond acceptors (Lipinski definition) is 2. The summed E-state index contributed by atoms with van der Waals surface area (Å²) in [5, 5.41) is 0. The van der Waals surface area contributed by atoms with Crippen LogP contribution in [0.2, 0.25) is 0 Å². The van der Waals surface area contributed by atoms with Crippen molar-refractivity contribution in [3.05, 3.63) is 74.2 Å². The molecule has 0 aliphatic rings. The van der Waals surface area contributed by atoms with Gasteiger partial charge < -0.3 is 5.73 Å². The molecular formula is C25H37NS. The predicted molar refractivity (Wildman–Crippen MR) is 125 cm³/mol. The molecule has 2 N–H and O–H groups in total. The summed E-state index contributed by atoms with van der Waals surface area (Å²) in [6, 6.07) is 2.30. The van der Waals surface area contributed by atoms with Gasteiger partial charge >= 0.3 is 0 Å². The molecule has 2 heteroatoms. The number of hydrogen-bond donors (Lipinski definition) is 1. The number of thiophene rings is 1. The van der Waals surface area contributed by atoms with E-state index >= 15 is 0 Å². The van der Waals surface area contributed by atoms with Crippen molar-refractivity contribution in [1.29, 1.82) is 0 Å². The zero-order valence-electron chi connectivity index (χ0n) is 18.7. The second-order valence-corrected chi connectivity index (χ2v) is 9.33. The Kier molecular flexibility index (Phi) is 8.10. The average Bonchev–Trinajstić information content (AvgIpc) is 2.92. The van der Waals surface area contributed by atoms with Crippen molar-refractivity contribution in [3.8, 4) is 0 Å². The predicted octanol–water partition coefficient (Wildman–Crippen LogP) is 7.92. The Morgan fingerprint density at radius 1 is 1.04 bits per heavy atom. The third kappa shape index (κ3) is 5.59. The maximum absolute atomic E-state index is 6.50. The molecule has 0 saturated carbocycles. The summed E-state index contributed by atoms with van der Waals surface area (Å²) in [6.07, 6.45) is 2.10. The molecule has 0 atom stereocenters. The van der Waals surface area contributed by atoms with E-state index in [0.717, 1.165) is 28.0 Å². The minimum atomic E-state index is 0.474. The molecule has 148 valence electrons. The molecule has 0 aromatic carbocycles. The van der Waals surface area contributed by atoms with E-state index in [1.54, 1.807) is 0 Å². The van der Waals surface area contributed by atoms with Crippen LogP contribution in [0.25, 0.3) is 5.57 Å². The van der Waals surface area contributed by atoms with Gasteiger partial charge in [-0.2, -0.15) is 0 Å². The van der Waals surface area contributed by atoms with Crippen LogP contribution >= 0.6 is 11.3 Å². The molecule has 0 spiro atoms. The first-order valence-corrected chi connectivity index (χ1v) is 10.5. The van der Waals surface area contributed by atoms with Crippen molar-refractivity contribution < 1.29 is 0 Å². The second kappa shape index (κ2) is 9.41. The maximum Gasteiger partial charge on any atom is 0.0383 e. The first-order chi connectivity index (χ1) is 12.4. The third-order valence-corrected chi connectivity index (χ3v) is 6.49. The van der Waals surface area contributed by atoms with E-state index < -0.39 is 0 Å². The first kappa shape index (κ1) is 23.2. The zero-order valence-corrected chi connectivity index (χ0v) is 19.5. The third-order valence-electron chi connectivity index (χ3n) is 4.94. The van der Waals surface area contributed by atoms with Gasteiger partial charge in [0.1, 0.15) is 0 Å². The number of allylic oxidation sites excluding steroid dienone is 7. The smallest absolute Gasteiger partial charge is 0.0383 e. The van der Waals surface area contributed by atoms with Crippen LogP contribution in [0.3, 0.4) is 0 Å². The maximum atomic E-state index is 6.50. The van der Waals surface area contributed by atoms with Gasteiger partial charge in [-0.15, -0.1) is 11.3 Å². The van der Waals surface area contributed by atoms with Crippen molar-refractivity contribution in [3.63, 3.8) is 0 Å². The Balaban J connectivity index is 3.81. The summed E-state index contributed by atoms with van der Waals surface area (Å²) < 4.78 is 0. The molecule has 0 aliphatic carbocycles. The first-order valence-electron chi connectivity index (χ1n) is 9.70. The van der Waals surface area contributed by atoms with Crippen LogP contribution in [-0.4, -0.2) is 0 Å². The Hall–Kier alpha value is -1.80. The Bertz CT molecular complexity index is 823. The number of rotatable bonds is 7. The van der Waals surface area contributed by atoms with Gasteiger partial charge in [-0.05, 0) is 80.9 Å². The normalized spacial score (nSPS) is 14.4. The topological polar surface area (TPSA) is 26.0 Å². The number of aryl methyl sites for hydroxylation is 1. The molecule has 1 nitrogen and oxygen atoms in total. The lowest BCUT2D eigenvalue weighted by atomic mass is 9.88. The Labute approximate surface area is 171 Å². The highest BCUT2D eigenvalue weighted by molar-refractivity contribution is 7.13. The molecule has 0 amide bonds. The van der Waals surface area contributed by atoms with Gasteiger partial charge in [0, 0.05) is 21.0 Å². The van der Waals surface area contributed by atoms with Crippen LogP contribution < -0.4 is 5.73 Å². The van der Waals surface area contributed by atoms with Crippen molar-refractivity contribution in [1.82, 2.24) is 0 Å². The van der Waals surface area contributed by atoms with E-state index in [4.69, 9.17) is 5.73 Å². The lowest BCUT2D eigenvalue weighted by molar-refractivity contribution is 0.767. The molecule has 0 radical (unpaired) electrons. The molecule has 1 aromatic heterocycles. The second-order valence-electron chi connectivity index (χ2n) is 8.25. The minimum absolute atomic E-state index is 0.474. The van der Waals surface area contributed by atoms with Crippen LogP contribution in [0.4, 0.5) is 0 Å². The van der Waals surface area contributed by atoms with Gasteiger partial charge in [-0.25, -0.2) is 0 Å². The highest BCUT2D eigenvalue weighted by Gasteiger charge is 2.19. The van der Waals surface area contributed by atoms with E-state index in [2.05, 4.69) is 87.6 Å². The van der Waals surface area contributed by atoms with Crippen LogP contribution in [0.5, 0.6) is 0 Å². The van der Waals surface area contributed by atoms with E-state index in [9.17, 15) is 0 Å². The minimum Gasteiger partial charge on any atom is -0.398 e. The average molecular weight is 384 g/mol. The van der Waals surface area contributed by atoms with Crippen LogP contribution in [0.15, 0.2) is 58.9 Å². The van der Waals surface area contributed by atoms with E-state index in [1.807, 2.05) is 11.3 Å². The monoisotopic (exact) mass is 383 g/mol.